The summed E-state index contributed by atoms with van der Waals surface area (Å²) in [6.07, 6.45) is 4.83. The number of hydrogen-bond donors (Lipinski definition) is 7. The first-order chi connectivity index (χ1) is 25.8. The number of aliphatic hydroxyl groups is 3. The number of unbranched alkanes of at least 4 members (excludes halogenated alkanes) is 4. The monoisotopic (exact) mass is 785 g/mol. The van der Waals surface area contributed by atoms with Crippen LogP contribution in [0.5, 0.6) is 0 Å². The van der Waals surface area contributed by atoms with E-state index in [0.29, 0.717) is 32.2 Å². The Labute approximate surface area is 323 Å². The molecule has 1 aliphatic heterocycles. The number of hydrogen-bond acceptors (Lipinski definition) is 12. The topological polar surface area (TPSA) is 266 Å². The molecule has 55 heavy (non-hydrogen) atoms. The molecular formula is C39H63NO15. The third-order valence-corrected chi connectivity index (χ3v) is 9.97. The summed E-state index contributed by atoms with van der Waals surface area (Å²) in [5, 5.41) is 68.1. The molecule has 16 heteroatoms. The lowest BCUT2D eigenvalue weighted by atomic mass is 9.87. The predicted octanol–water partition coefficient (Wildman–Crippen LogP) is 4.91. The number of carbonyl (C=O) groups excluding carboxylic acids is 2. The maximum Gasteiger partial charge on any atom is 0.307 e. The molecule has 314 valence electrons. The number of aliphatic carboxylic acids is 4. The second kappa shape index (κ2) is 25.8. The molecule has 0 aromatic rings. The number of esters is 2. The standard InChI is InChI=1S/C39H63NO15/c1-5-6-13-25(3)37(55-36(49)21-28(39(52)53)19-34(46)47)32(54-35(48)20-27(38(50)51)18-33(44)45)17-24(2)12-9-7-8-10-14-29(41)22-31(43)26(4)40-16-11-15-30(42)23-40/h11,15,23-29,31-32,37,41-43H,5-10,12-14,16-22H2,1-4H3,(H,44,45)(H,46,47)(H,50,51)(H,52,53). The molecule has 9 atom stereocenters. The Kier molecular flexibility index (Phi) is 22.9. The highest BCUT2D eigenvalue weighted by Crippen LogP contribution is 2.29. The SMILES string of the molecule is CCCCC(C)C(OC(=O)CC(CC(=O)O)C(=O)O)C(CC(C)CCCCCCC(O)CC(O)C(C)N1C=C(O)C=CC1)OC(=O)CC(CC(=O)O)C(=O)O. The first-order valence-electron chi connectivity index (χ1n) is 19.3. The highest BCUT2D eigenvalue weighted by Gasteiger charge is 2.37. The van der Waals surface area contributed by atoms with E-state index >= 15 is 0 Å². The van der Waals surface area contributed by atoms with Crippen LogP contribution in [-0.2, 0) is 38.2 Å². The van der Waals surface area contributed by atoms with E-state index in [0.717, 1.165) is 32.1 Å². The molecule has 0 saturated heterocycles. The number of aliphatic hydroxyl groups excluding tert-OH is 3. The summed E-state index contributed by atoms with van der Waals surface area (Å²) in [6, 6.07) is -0.300. The second-order valence-electron chi connectivity index (χ2n) is 15.0. The molecule has 1 aliphatic rings. The van der Waals surface area contributed by atoms with Crippen molar-refractivity contribution < 1.29 is 74.0 Å². The molecule has 0 spiro atoms. The summed E-state index contributed by atoms with van der Waals surface area (Å²) in [6.45, 7) is 8.01. The van der Waals surface area contributed by atoms with E-state index in [1.165, 1.54) is 0 Å². The predicted molar refractivity (Wildman–Crippen MR) is 199 cm³/mol. The van der Waals surface area contributed by atoms with Gasteiger partial charge < -0.3 is 50.1 Å². The molecule has 0 aromatic carbocycles. The van der Waals surface area contributed by atoms with Crippen molar-refractivity contribution in [2.75, 3.05) is 6.54 Å². The van der Waals surface area contributed by atoms with Gasteiger partial charge in [0, 0.05) is 19.2 Å². The largest absolute Gasteiger partial charge is 0.506 e. The summed E-state index contributed by atoms with van der Waals surface area (Å²) < 4.78 is 11.5. The van der Waals surface area contributed by atoms with Crippen molar-refractivity contribution in [3.8, 4) is 0 Å². The maximum absolute atomic E-state index is 13.1. The molecular weight excluding hydrogens is 722 g/mol. The van der Waals surface area contributed by atoms with Gasteiger partial charge in [-0.25, -0.2) is 0 Å². The zero-order valence-corrected chi connectivity index (χ0v) is 32.6. The molecule has 1 heterocycles. The van der Waals surface area contributed by atoms with Gasteiger partial charge in [0.15, 0.2) is 0 Å². The van der Waals surface area contributed by atoms with Crippen LogP contribution < -0.4 is 0 Å². The van der Waals surface area contributed by atoms with E-state index in [-0.39, 0.29) is 30.6 Å². The molecule has 9 unspecified atom stereocenters. The number of ether oxygens (including phenoxy) is 2. The summed E-state index contributed by atoms with van der Waals surface area (Å²) in [5.74, 6) is -11.3. The maximum atomic E-state index is 13.1. The lowest BCUT2D eigenvalue weighted by Crippen LogP contribution is -2.42. The molecule has 0 bridgehead atoms. The van der Waals surface area contributed by atoms with Crippen molar-refractivity contribution in [3.63, 3.8) is 0 Å². The van der Waals surface area contributed by atoms with Crippen LogP contribution in [0.2, 0.25) is 0 Å². The van der Waals surface area contributed by atoms with E-state index in [1.54, 1.807) is 30.2 Å². The van der Waals surface area contributed by atoms with Crippen LogP contribution in [0.4, 0.5) is 0 Å². The average Bonchev–Trinajstić information content (AvgIpc) is 3.09. The minimum Gasteiger partial charge on any atom is -0.506 e. The van der Waals surface area contributed by atoms with Crippen LogP contribution >= 0.6 is 0 Å². The fourth-order valence-corrected chi connectivity index (χ4v) is 6.63. The minimum atomic E-state index is -1.56. The van der Waals surface area contributed by atoms with E-state index in [4.69, 9.17) is 19.7 Å². The molecule has 0 aliphatic carbocycles. The first-order valence-corrected chi connectivity index (χ1v) is 19.3. The lowest BCUT2D eigenvalue weighted by Gasteiger charge is -2.33. The third kappa shape index (κ3) is 20.4. The van der Waals surface area contributed by atoms with Gasteiger partial charge in [-0.3, -0.25) is 28.8 Å². The second-order valence-corrected chi connectivity index (χ2v) is 15.0. The van der Waals surface area contributed by atoms with E-state index in [2.05, 4.69) is 0 Å². The van der Waals surface area contributed by atoms with Crippen LogP contribution in [0.25, 0.3) is 0 Å². The molecule has 0 fully saturated rings. The van der Waals surface area contributed by atoms with Crippen molar-refractivity contribution in [1.29, 1.82) is 0 Å². The van der Waals surface area contributed by atoms with Crippen molar-refractivity contribution in [2.24, 2.45) is 23.7 Å². The number of carboxylic acids is 4. The highest BCUT2D eigenvalue weighted by atomic mass is 16.6. The van der Waals surface area contributed by atoms with Crippen LogP contribution in [0, 0.1) is 23.7 Å². The average molecular weight is 786 g/mol. The summed E-state index contributed by atoms with van der Waals surface area (Å²) >= 11 is 0. The van der Waals surface area contributed by atoms with Gasteiger partial charge in [-0.2, -0.15) is 0 Å². The van der Waals surface area contributed by atoms with E-state index < -0.39 is 104 Å². The zero-order chi connectivity index (χ0) is 41.7. The number of allylic oxidation sites excluding steroid dienone is 1. The van der Waals surface area contributed by atoms with Gasteiger partial charge in [0.1, 0.15) is 18.0 Å². The molecule has 7 N–H and O–H groups in total. The Morgan fingerprint density at radius 2 is 1.27 bits per heavy atom. The van der Waals surface area contributed by atoms with Crippen molar-refractivity contribution in [3.05, 3.63) is 24.1 Å². The Balaban J connectivity index is 2.96. The number of nitrogens with zero attached hydrogens (tertiary/aromatic N) is 1. The van der Waals surface area contributed by atoms with Crippen LogP contribution in [0.1, 0.15) is 124 Å². The molecule has 0 amide bonds. The molecule has 0 aromatic heterocycles. The van der Waals surface area contributed by atoms with E-state index in [1.807, 2.05) is 20.8 Å². The van der Waals surface area contributed by atoms with Crippen LogP contribution in [0.3, 0.4) is 0 Å². The van der Waals surface area contributed by atoms with Crippen LogP contribution in [-0.4, -0.2) is 113 Å². The van der Waals surface area contributed by atoms with Gasteiger partial charge in [0.05, 0.1) is 55.8 Å². The van der Waals surface area contributed by atoms with Gasteiger partial charge in [-0.1, -0.05) is 71.8 Å². The Hall–Kier alpha value is -4.18. The van der Waals surface area contributed by atoms with Crippen molar-refractivity contribution >= 4 is 35.8 Å². The van der Waals surface area contributed by atoms with Crippen LogP contribution in [0.15, 0.2) is 24.1 Å². The smallest absolute Gasteiger partial charge is 0.307 e. The van der Waals surface area contributed by atoms with E-state index in [9.17, 15) is 54.3 Å². The van der Waals surface area contributed by atoms with Gasteiger partial charge in [0.2, 0.25) is 0 Å². The zero-order valence-electron chi connectivity index (χ0n) is 32.6. The molecule has 0 radical (unpaired) electrons. The highest BCUT2D eigenvalue weighted by molar-refractivity contribution is 5.83. The Morgan fingerprint density at radius 1 is 0.727 bits per heavy atom. The summed E-state index contributed by atoms with van der Waals surface area (Å²) in [5.41, 5.74) is 0. The molecule has 1 rings (SSSR count). The van der Waals surface area contributed by atoms with Crippen molar-refractivity contribution in [2.45, 2.75) is 154 Å². The van der Waals surface area contributed by atoms with Gasteiger partial charge >= 0.3 is 35.8 Å². The third-order valence-electron chi connectivity index (χ3n) is 9.97. The molecule has 0 saturated carbocycles. The summed E-state index contributed by atoms with van der Waals surface area (Å²) in [7, 11) is 0. The lowest BCUT2D eigenvalue weighted by molar-refractivity contribution is -0.177. The van der Waals surface area contributed by atoms with Gasteiger partial charge in [0.25, 0.3) is 0 Å². The Morgan fingerprint density at radius 3 is 1.78 bits per heavy atom. The Bertz CT molecular complexity index is 1300. The fraction of sp³-hybridized carbons (Fsp3) is 0.744. The fourth-order valence-electron chi connectivity index (χ4n) is 6.63. The number of rotatable bonds is 30. The minimum absolute atomic E-state index is 0.101. The normalized spacial score (nSPS) is 17.7. The number of carboxylic acid groups (broad SMARTS) is 4. The quantitative estimate of drug-likeness (QED) is 0.0377. The number of carbonyl (C=O) groups is 6. The summed E-state index contributed by atoms with van der Waals surface area (Å²) in [4.78, 5) is 73.8. The molecule has 16 nitrogen and oxygen atoms in total. The van der Waals surface area contributed by atoms with Gasteiger partial charge in [-0.05, 0) is 44.1 Å². The van der Waals surface area contributed by atoms with Crippen molar-refractivity contribution in [1.82, 2.24) is 4.90 Å². The van der Waals surface area contributed by atoms with Gasteiger partial charge in [-0.15, -0.1) is 0 Å². The first kappa shape index (κ1) is 48.8.